The molecule has 1 saturated heterocycles. The van der Waals surface area contributed by atoms with Crippen LogP contribution in [0.5, 0.6) is 0 Å². The third-order valence-corrected chi connectivity index (χ3v) is 7.54. The summed E-state index contributed by atoms with van der Waals surface area (Å²) in [5, 5.41) is 3.65. The van der Waals surface area contributed by atoms with Crippen LogP contribution in [0, 0.1) is 5.82 Å². The number of aryl methyl sites for hydroxylation is 1. The number of alkyl halides is 2. The first-order valence-corrected chi connectivity index (χ1v) is 12.7. The molecular weight excluding hydrogens is 499 g/mol. The number of carbonyl (C=O) groups excluding carboxylic acids is 1. The molecule has 1 amide bonds. The molecule has 11 heteroatoms. The van der Waals surface area contributed by atoms with Crippen LogP contribution in [-0.2, 0) is 22.2 Å². The van der Waals surface area contributed by atoms with Gasteiger partial charge in [-0.25, -0.2) is 23.1 Å². The maximum atomic E-state index is 14.8. The number of amides is 1. The molecule has 1 aliphatic heterocycles. The van der Waals surface area contributed by atoms with Gasteiger partial charge in [-0.15, -0.1) is 0 Å². The molecule has 38 heavy (non-hydrogen) atoms. The van der Waals surface area contributed by atoms with Gasteiger partial charge in [0.15, 0.2) is 0 Å². The molecule has 2 aliphatic rings. The van der Waals surface area contributed by atoms with E-state index in [0.29, 0.717) is 48.3 Å². The fourth-order valence-electron chi connectivity index (χ4n) is 5.20. The number of nitrogens with zero attached hydrogens (tertiary/aromatic N) is 4. The standard InChI is InChI=1S/C27H30F3N5O3/c1-15(18-5-4-6-19(22(18)28)23(29)30)33-24-20-13-21(26(37)34(3)25(20)32-14-31-24)27(38-17-7-8-17)9-11-35(12-10-27)16(2)36/h4-6,13-15,17,23H,7-12H2,1-3H3,(H,31,32,33)/t15-/m1/s1. The van der Waals surface area contributed by atoms with E-state index >= 15 is 0 Å². The molecule has 5 rings (SSSR count). The van der Waals surface area contributed by atoms with Crippen molar-refractivity contribution in [3.63, 3.8) is 0 Å². The van der Waals surface area contributed by atoms with Gasteiger partial charge < -0.3 is 15.0 Å². The molecule has 1 N–H and O–H groups in total. The average molecular weight is 530 g/mol. The number of aromatic nitrogens is 3. The minimum Gasteiger partial charge on any atom is -0.367 e. The van der Waals surface area contributed by atoms with Crippen LogP contribution >= 0.6 is 0 Å². The van der Waals surface area contributed by atoms with E-state index in [9.17, 15) is 22.8 Å². The molecule has 0 bridgehead atoms. The van der Waals surface area contributed by atoms with Gasteiger partial charge in [0.25, 0.3) is 12.0 Å². The van der Waals surface area contributed by atoms with E-state index in [1.807, 2.05) is 0 Å². The van der Waals surface area contributed by atoms with Crippen molar-refractivity contribution in [2.24, 2.45) is 7.05 Å². The zero-order chi connectivity index (χ0) is 27.2. The summed E-state index contributed by atoms with van der Waals surface area (Å²) in [6.07, 6.45) is 1.21. The van der Waals surface area contributed by atoms with E-state index in [1.54, 1.807) is 24.9 Å². The third kappa shape index (κ3) is 4.75. The van der Waals surface area contributed by atoms with Crippen molar-refractivity contribution in [3.05, 3.63) is 63.5 Å². The van der Waals surface area contributed by atoms with Gasteiger partial charge in [0.2, 0.25) is 5.91 Å². The number of hydrogen-bond acceptors (Lipinski definition) is 6. The molecule has 1 aliphatic carbocycles. The lowest BCUT2D eigenvalue weighted by Gasteiger charge is -2.41. The van der Waals surface area contributed by atoms with Crippen molar-refractivity contribution in [1.29, 1.82) is 0 Å². The molecule has 0 radical (unpaired) electrons. The highest BCUT2D eigenvalue weighted by molar-refractivity contribution is 5.87. The average Bonchev–Trinajstić information content (AvgIpc) is 3.70. The minimum absolute atomic E-state index is 0.0200. The van der Waals surface area contributed by atoms with Gasteiger partial charge in [-0.05, 0) is 38.7 Å². The number of hydrogen-bond donors (Lipinski definition) is 1. The lowest BCUT2D eigenvalue weighted by Crippen LogP contribution is -2.48. The van der Waals surface area contributed by atoms with Gasteiger partial charge in [-0.1, -0.05) is 18.2 Å². The lowest BCUT2D eigenvalue weighted by atomic mass is 9.84. The molecule has 0 unspecified atom stereocenters. The predicted octanol–water partition coefficient (Wildman–Crippen LogP) is 4.59. The number of anilines is 1. The van der Waals surface area contributed by atoms with Gasteiger partial charge >= 0.3 is 0 Å². The molecule has 8 nitrogen and oxygen atoms in total. The molecule has 1 aromatic carbocycles. The molecular formula is C27H30F3N5O3. The number of carbonyl (C=O) groups is 1. The summed E-state index contributed by atoms with van der Waals surface area (Å²) in [6.45, 7) is 4.12. The van der Waals surface area contributed by atoms with Crippen LogP contribution in [0.15, 0.2) is 35.4 Å². The Labute approximate surface area is 217 Å². The molecule has 0 spiro atoms. The van der Waals surface area contributed by atoms with Gasteiger partial charge in [-0.3, -0.25) is 14.2 Å². The second kappa shape index (κ2) is 10.0. The number of nitrogens with one attached hydrogen (secondary N) is 1. The highest BCUT2D eigenvalue weighted by Gasteiger charge is 2.44. The zero-order valence-electron chi connectivity index (χ0n) is 21.5. The summed E-state index contributed by atoms with van der Waals surface area (Å²) in [4.78, 5) is 36.0. The minimum atomic E-state index is -2.93. The zero-order valence-corrected chi connectivity index (χ0v) is 21.5. The molecule has 2 aromatic heterocycles. The SMILES string of the molecule is CC(=O)N1CCC(OC2CC2)(c2cc3c(N[C@H](C)c4cccc(C(F)F)c4F)ncnc3n(C)c2=O)CC1. The highest BCUT2D eigenvalue weighted by atomic mass is 19.3. The smallest absolute Gasteiger partial charge is 0.266 e. The fraction of sp³-hybridized carbons (Fsp3) is 0.481. The van der Waals surface area contributed by atoms with E-state index in [4.69, 9.17) is 4.74 Å². The Morgan fingerprint density at radius 3 is 2.50 bits per heavy atom. The first kappa shape index (κ1) is 26.1. The topological polar surface area (TPSA) is 89.3 Å². The van der Waals surface area contributed by atoms with Crippen LogP contribution in [0.2, 0.25) is 0 Å². The van der Waals surface area contributed by atoms with Crippen molar-refractivity contribution < 1.29 is 22.7 Å². The van der Waals surface area contributed by atoms with Crippen LogP contribution in [0.25, 0.3) is 11.0 Å². The Morgan fingerprint density at radius 1 is 1.18 bits per heavy atom. The van der Waals surface area contributed by atoms with Crippen LogP contribution in [0.1, 0.15) is 68.7 Å². The summed E-state index contributed by atoms with van der Waals surface area (Å²) in [6, 6.07) is 4.93. The Kier molecular flexibility index (Phi) is 6.89. The Balaban J connectivity index is 1.57. The molecule has 2 fully saturated rings. The van der Waals surface area contributed by atoms with E-state index in [1.165, 1.54) is 30.0 Å². The van der Waals surface area contributed by atoms with Crippen molar-refractivity contribution in [2.75, 3.05) is 18.4 Å². The van der Waals surface area contributed by atoms with Crippen molar-refractivity contribution in [2.45, 2.75) is 63.7 Å². The summed E-state index contributed by atoms with van der Waals surface area (Å²) in [5.74, 6) is -0.652. The van der Waals surface area contributed by atoms with Crippen molar-refractivity contribution in [1.82, 2.24) is 19.4 Å². The normalized spacial score (nSPS) is 18.1. The number of benzene rings is 1. The molecule has 3 heterocycles. The number of likely N-dealkylation sites (tertiary alicyclic amines) is 1. The second-order valence-corrected chi connectivity index (χ2v) is 10.1. The molecule has 1 saturated carbocycles. The Bertz CT molecular complexity index is 1430. The largest absolute Gasteiger partial charge is 0.367 e. The number of piperidine rings is 1. The monoisotopic (exact) mass is 529 g/mol. The van der Waals surface area contributed by atoms with E-state index in [-0.39, 0.29) is 23.1 Å². The van der Waals surface area contributed by atoms with Crippen molar-refractivity contribution in [3.8, 4) is 0 Å². The number of ether oxygens (including phenoxy) is 1. The fourth-order valence-corrected chi connectivity index (χ4v) is 5.20. The molecule has 202 valence electrons. The quantitative estimate of drug-likeness (QED) is 0.482. The van der Waals surface area contributed by atoms with Gasteiger partial charge in [0, 0.05) is 32.6 Å². The van der Waals surface area contributed by atoms with Gasteiger partial charge in [0.05, 0.1) is 28.7 Å². The molecule has 1 atom stereocenters. The summed E-state index contributed by atoms with van der Waals surface area (Å²) in [5.41, 5.74) is -0.879. The van der Waals surface area contributed by atoms with Gasteiger partial charge in [0.1, 0.15) is 29.2 Å². The summed E-state index contributed by atoms with van der Waals surface area (Å²) < 4.78 is 49.3. The van der Waals surface area contributed by atoms with E-state index in [0.717, 1.165) is 18.9 Å². The third-order valence-electron chi connectivity index (χ3n) is 7.54. The van der Waals surface area contributed by atoms with Crippen molar-refractivity contribution >= 4 is 22.8 Å². The van der Waals surface area contributed by atoms with Crippen LogP contribution in [0.3, 0.4) is 0 Å². The van der Waals surface area contributed by atoms with E-state index < -0.39 is 29.4 Å². The first-order valence-electron chi connectivity index (χ1n) is 12.7. The maximum Gasteiger partial charge on any atom is 0.266 e. The lowest BCUT2D eigenvalue weighted by molar-refractivity contribution is -0.138. The predicted molar refractivity (Wildman–Crippen MR) is 135 cm³/mol. The number of halogens is 3. The maximum absolute atomic E-state index is 14.8. The summed E-state index contributed by atoms with van der Waals surface area (Å²) in [7, 11) is 1.62. The van der Waals surface area contributed by atoms with E-state index in [2.05, 4.69) is 15.3 Å². The molecule has 3 aromatic rings. The number of rotatable bonds is 7. The van der Waals surface area contributed by atoms with Crippen LogP contribution < -0.4 is 10.9 Å². The highest BCUT2D eigenvalue weighted by Crippen LogP contribution is 2.42. The number of pyridine rings is 1. The Hall–Kier alpha value is -3.47. The summed E-state index contributed by atoms with van der Waals surface area (Å²) >= 11 is 0. The van der Waals surface area contributed by atoms with Crippen LogP contribution in [-0.4, -0.2) is 44.5 Å². The Morgan fingerprint density at radius 2 is 1.87 bits per heavy atom. The first-order chi connectivity index (χ1) is 18.1. The van der Waals surface area contributed by atoms with Crippen LogP contribution in [0.4, 0.5) is 19.0 Å². The number of fused-ring (bicyclic) bond motifs is 1. The second-order valence-electron chi connectivity index (χ2n) is 10.1. The van der Waals surface area contributed by atoms with Gasteiger partial charge in [-0.2, -0.15) is 0 Å².